The van der Waals surface area contributed by atoms with Crippen molar-refractivity contribution in [3.8, 4) is 0 Å². The van der Waals surface area contributed by atoms with Crippen molar-refractivity contribution >= 4 is 45.3 Å². The van der Waals surface area contributed by atoms with Gasteiger partial charge in [-0.15, -0.1) is 0 Å². The molecule has 0 bridgehead atoms. The number of nitrogens with zero attached hydrogens (tertiary/aromatic N) is 2. The second-order valence-corrected chi connectivity index (χ2v) is 6.90. The molecule has 10 nitrogen and oxygen atoms in total. The van der Waals surface area contributed by atoms with Crippen LogP contribution in [0, 0.1) is 0 Å². The number of fused-ring (bicyclic) bond motifs is 3. The first-order valence-corrected chi connectivity index (χ1v) is 9.49. The zero-order valence-electron chi connectivity index (χ0n) is 17.2. The number of aromatic amines is 1. The number of H-pyrrole nitrogens is 1. The number of para-hydroxylation sites is 1. The van der Waals surface area contributed by atoms with Gasteiger partial charge in [-0.3, -0.25) is 9.59 Å². The van der Waals surface area contributed by atoms with Gasteiger partial charge in [-0.2, -0.15) is 5.10 Å². The molecule has 2 aromatic heterocycles. The summed E-state index contributed by atoms with van der Waals surface area (Å²) < 4.78 is 10.4. The number of aromatic nitrogens is 3. The molecule has 2 N–H and O–H groups in total. The van der Waals surface area contributed by atoms with E-state index in [1.54, 1.807) is 0 Å². The van der Waals surface area contributed by atoms with Crippen LogP contribution in [0.4, 0.5) is 5.69 Å². The minimum atomic E-state index is -0.687. The van der Waals surface area contributed by atoms with Gasteiger partial charge >= 0.3 is 11.9 Å². The number of esters is 2. The smallest absolute Gasteiger partial charge is 0.337 e. The average molecular weight is 434 g/mol. The Labute approximate surface area is 180 Å². The maximum Gasteiger partial charge on any atom is 0.337 e. The summed E-state index contributed by atoms with van der Waals surface area (Å²) in [6.07, 6.45) is 1.52. The van der Waals surface area contributed by atoms with Gasteiger partial charge in [0.05, 0.1) is 31.5 Å². The minimum Gasteiger partial charge on any atom is -0.465 e. The van der Waals surface area contributed by atoms with Crippen LogP contribution < -0.4 is 10.9 Å². The van der Waals surface area contributed by atoms with Crippen molar-refractivity contribution in [3.63, 3.8) is 0 Å². The van der Waals surface area contributed by atoms with E-state index >= 15 is 0 Å². The van der Waals surface area contributed by atoms with Crippen LogP contribution in [0.25, 0.3) is 21.8 Å². The Balaban J connectivity index is 1.62. The van der Waals surface area contributed by atoms with Gasteiger partial charge in [-0.1, -0.05) is 18.2 Å². The molecule has 4 rings (SSSR count). The number of carbonyl (C=O) groups is 3. The van der Waals surface area contributed by atoms with Crippen LogP contribution in [-0.2, 0) is 20.8 Å². The minimum absolute atomic E-state index is 0.0560. The molecular formula is C22H18N4O6. The van der Waals surface area contributed by atoms with Crippen LogP contribution in [0.1, 0.15) is 20.7 Å². The fraction of sp³-hybridized carbons (Fsp3) is 0.136. The number of hydrogen-bond acceptors (Lipinski definition) is 7. The van der Waals surface area contributed by atoms with Crippen molar-refractivity contribution in [2.45, 2.75) is 6.54 Å². The molecule has 0 unspecified atom stereocenters. The lowest BCUT2D eigenvalue weighted by Gasteiger charge is -2.10. The van der Waals surface area contributed by atoms with Crippen LogP contribution in [-0.4, -0.2) is 46.8 Å². The lowest BCUT2D eigenvalue weighted by Crippen LogP contribution is -2.29. The normalized spacial score (nSPS) is 10.8. The van der Waals surface area contributed by atoms with Crippen LogP contribution in [0.5, 0.6) is 0 Å². The van der Waals surface area contributed by atoms with Crippen LogP contribution >= 0.6 is 0 Å². The summed E-state index contributed by atoms with van der Waals surface area (Å²) in [5, 5.41) is 8.19. The molecule has 162 valence electrons. The second-order valence-electron chi connectivity index (χ2n) is 6.90. The van der Waals surface area contributed by atoms with E-state index < -0.39 is 23.4 Å². The van der Waals surface area contributed by atoms with E-state index in [0.717, 1.165) is 15.6 Å². The van der Waals surface area contributed by atoms with E-state index in [1.807, 2.05) is 24.3 Å². The van der Waals surface area contributed by atoms with Crippen molar-refractivity contribution in [2.24, 2.45) is 0 Å². The van der Waals surface area contributed by atoms with Gasteiger partial charge in [0, 0.05) is 22.0 Å². The molecule has 2 heterocycles. The van der Waals surface area contributed by atoms with Gasteiger partial charge in [-0.05, 0) is 24.3 Å². The van der Waals surface area contributed by atoms with Crippen LogP contribution in [0.3, 0.4) is 0 Å². The summed E-state index contributed by atoms with van der Waals surface area (Å²) in [6, 6.07) is 11.4. The van der Waals surface area contributed by atoms with Gasteiger partial charge in [0.15, 0.2) is 0 Å². The second kappa shape index (κ2) is 8.34. The highest BCUT2D eigenvalue weighted by molar-refractivity contribution is 6.06. The Morgan fingerprint density at radius 3 is 2.31 bits per heavy atom. The lowest BCUT2D eigenvalue weighted by molar-refractivity contribution is -0.117. The molecule has 0 aliphatic heterocycles. The summed E-state index contributed by atoms with van der Waals surface area (Å²) in [7, 11) is 2.40. The van der Waals surface area contributed by atoms with E-state index in [1.165, 1.54) is 38.6 Å². The first-order valence-electron chi connectivity index (χ1n) is 9.49. The van der Waals surface area contributed by atoms with E-state index in [9.17, 15) is 19.2 Å². The Hall–Kier alpha value is -4.47. The zero-order chi connectivity index (χ0) is 22.8. The molecule has 2 aromatic carbocycles. The van der Waals surface area contributed by atoms with Gasteiger partial charge in [-0.25, -0.2) is 14.3 Å². The van der Waals surface area contributed by atoms with Crippen molar-refractivity contribution in [2.75, 3.05) is 19.5 Å². The number of anilines is 1. The van der Waals surface area contributed by atoms with Crippen molar-refractivity contribution < 1.29 is 23.9 Å². The third-order valence-corrected chi connectivity index (χ3v) is 4.87. The fourth-order valence-electron chi connectivity index (χ4n) is 3.40. The number of carbonyl (C=O) groups excluding carboxylic acids is 3. The topological polar surface area (TPSA) is 132 Å². The van der Waals surface area contributed by atoms with E-state index in [0.29, 0.717) is 10.9 Å². The molecule has 0 atom stereocenters. The molecule has 0 radical (unpaired) electrons. The molecule has 0 aliphatic rings. The zero-order valence-corrected chi connectivity index (χ0v) is 17.2. The molecule has 0 fully saturated rings. The first kappa shape index (κ1) is 20.8. The third kappa shape index (κ3) is 3.81. The summed E-state index contributed by atoms with van der Waals surface area (Å²) >= 11 is 0. The highest BCUT2D eigenvalue weighted by Gasteiger charge is 2.16. The molecule has 0 spiro atoms. The van der Waals surface area contributed by atoms with Gasteiger partial charge in [0.2, 0.25) is 5.91 Å². The maximum absolute atomic E-state index is 12.8. The SMILES string of the molecule is COC(=O)c1cc(NC(=O)Cn2ncc3c([nH]c4ccccc43)c2=O)cc(C(=O)OC)c1. The van der Waals surface area contributed by atoms with Gasteiger partial charge in [0.25, 0.3) is 5.56 Å². The van der Waals surface area contributed by atoms with Gasteiger partial charge in [0.1, 0.15) is 12.1 Å². The Morgan fingerprint density at radius 2 is 1.66 bits per heavy atom. The van der Waals surface area contributed by atoms with Crippen LogP contribution in [0.2, 0.25) is 0 Å². The summed E-state index contributed by atoms with van der Waals surface area (Å²) in [5.74, 6) is -1.95. The van der Waals surface area contributed by atoms with E-state index in [2.05, 4.69) is 24.9 Å². The monoisotopic (exact) mass is 434 g/mol. The third-order valence-electron chi connectivity index (χ3n) is 4.87. The largest absolute Gasteiger partial charge is 0.465 e. The molecule has 10 heteroatoms. The van der Waals surface area contributed by atoms with Crippen molar-refractivity contribution in [1.29, 1.82) is 0 Å². The number of rotatable bonds is 5. The Morgan fingerprint density at radius 1 is 1.00 bits per heavy atom. The highest BCUT2D eigenvalue weighted by Crippen LogP contribution is 2.22. The summed E-state index contributed by atoms with van der Waals surface area (Å²) in [6.45, 7) is -0.375. The summed E-state index contributed by atoms with van der Waals surface area (Å²) in [5.41, 5.74) is 0.958. The highest BCUT2D eigenvalue weighted by atomic mass is 16.5. The number of methoxy groups -OCH3 is 2. The van der Waals surface area contributed by atoms with Gasteiger partial charge < -0.3 is 19.8 Å². The number of nitrogens with one attached hydrogen (secondary N) is 2. The molecule has 0 saturated heterocycles. The van der Waals surface area contributed by atoms with Crippen LogP contribution in [0.15, 0.2) is 53.5 Å². The maximum atomic E-state index is 12.8. The molecule has 0 aliphatic carbocycles. The molecule has 4 aromatic rings. The Kier molecular flexibility index (Phi) is 5.42. The molecule has 1 amide bonds. The van der Waals surface area contributed by atoms with Crippen molar-refractivity contribution in [3.05, 3.63) is 70.1 Å². The fourth-order valence-corrected chi connectivity index (χ4v) is 3.40. The Bertz CT molecular complexity index is 1400. The molecule has 0 saturated carbocycles. The number of amides is 1. The van der Waals surface area contributed by atoms with E-state index in [4.69, 9.17) is 0 Å². The summed E-state index contributed by atoms with van der Waals surface area (Å²) in [4.78, 5) is 52.3. The first-order chi connectivity index (χ1) is 15.4. The standard InChI is InChI=1S/C22H18N4O6/c1-31-21(29)12-7-13(22(30)32-2)9-14(8-12)24-18(27)11-26-20(28)19-16(10-23-26)15-5-3-4-6-17(15)25-19/h3-10,25H,11H2,1-2H3,(H,24,27). The quantitative estimate of drug-likeness (QED) is 0.460. The molecular weight excluding hydrogens is 416 g/mol. The number of hydrogen-bond donors (Lipinski definition) is 2. The van der Waals surface area contributed by atoms with Crippen molar-refractivity contribution in [1.82, 2.24) is 14.8 Å². The number of benzene rings is 2. The predicted molar refractivity (Wildman–Crippen MR) is 116 cm³/mol. The predicted octanol–water partition coefficient (Wildman–Crippen LogP) is 2.09. The van der Waals surface area contributed by atoms with E-state index in [-0.39, 0.29) is 23.4 Å². The molecule has 32 heavy (non-hydrogen) atoms. The number of ether oxygens (including phenoxy) is 2. The lowest BCUT2D eigenvalue weighted by atomic mass is 10.1. The average Bonchev–Trinajstić information content (AvgIpc) is 3.19.